The van der Waals surface area contributed by atoms with E-state index in [1.807, 2.05) is 0 Å². The molecule has 0 saturated heterocycles. The molecule has 0 radical (unpaired) electrons. The van der Waals surface area contributed by atoms with Crippen molar-refractivity contribution in [1.82, 2.24) is 0 Å². The summed E-state index contributed by atoms with van der Waals surface area (Å²) in [4.78, 5) is 25.3. The zero-order valence-electron chi connectivity index (χ0n) is 15.1. The Hall–Kier alpha value is -3.42. The first kappa shape index (κ1) is 19.3. The molecule has 0 amide bonds. The molecule has 28 heavy (non-hydrogen) atoms. The molecular weight excluding hydrogens is 374 g/mol. The number of halogens is 1. The van der Waals surface area contributed by atoms with E-state index in [2.05, 4.69) is 6.07 Å². The van der Waals surface area contributed by atoms with Crippen molar-refractivity contribution in [3.63, 3.8) is 0 Å². The number of rotatable bonds is 5. The Morgan fingerprint density at radius 3 is 2.21 bits per heavy atom. The van der Waals surface area contributed by atoms with Crippen LogP contribution in [0.15, 0.2) is 72.8 Å². The minimum atomic E-state index is -0.965. The van der Waals surface area contributed by atoms with Gasteiger partial charge in [-0.3, -0.25) is 4.79 Å². The van der Waals surface area contributed by atoms with Gasteiger partial charge in [-0.15, -0.1) is 0 Å². The maximum Gasteiger partial charge on any atom is 0.339 e. The largest absolute Gasteiger partial charge is 0.451 e. The van der Waals surface area contributed by atoms with Crippen molar-refractivity contribution >= 4 is 23.4 Å². The van der Waals surface area contributed by atoms with Gasteiger partial charge in [0, 0.05) is 16.1 Å². The zero-order chi connectivity index (χ0) is 20.1. The molecule has 138 valence electrons. The average Bonchev–Trinajstić information content (AvgIpc) is 2.73. The summed E-state index contributed by atoms with van der Waals surface area (Å²) >= 11 is 5.84. The number of ketones is 1. The summed E-state index contributed by atoms with van der Waals surface area (Å²) in [5, 5.41) is 9.87. The first-order chi connectivity index (χ1) is 13.5. The highest BCUT2D eigenvalue weighted by atomic mass is 35.5. The third-order valence-electron chi connectivity index (χ3n) is 4.27. The number of carbonyl (C=O) groups is 2. The summed E-state index contributed by atoms with van der Waals surface area (Å²) in [5.74, 6) is -0.946. The van der Waals surface area contributed by atoms with Crippen molar-refractivity contribution in [2.75, 3.05) is 0 Å². The normalized spacial score (nSPS) is 11.3. The second kappa shape index (κ2) is 8.51. The van der Waals surface area contributed by atoms with Crippen LogP contribution in [0.4, 0.5) is 0 Å². The molecule has 0 aliphatic heterocycles. The second-order valence-corrected chi connectivity index (χ2v) is 6.56. The minimum absolute atomic E-state index is 0.293. The number of hydrogen-bond acceptors (Lipinski definition) is 4. The minimum Gasteiger partial charge on any atom is -0.451 e. The Balaban J connectivity index is 1.87. The van der Waals surface area contributed by atoms with Crippen molar-refractivity contribution in [3.05, 3.63) is 94.5 Å². The van der Waals surface area contributed by atoms with Gasteiger partial charge in [0.1, 0.15) is 0 Å². The van der Waals surface area contributed by atoms with Gasteiger partial charge in [0.15, 0.2) is 6.10 Å². The molecular formula is C23H16ClNO3. The van der Waals surface area contributed by atoms with E-state index in [1.54, 1.807) is 72.8 Å². The summed E-state index contributed by atoms with van der Waals surface area (Å²) < 4.78 is 5.41. The lowest BCUT2D eigenvalue weighted by Gasteiger charge is -2.15. The summed E-state index contributed by atoms with van der Waals surface area (Å²) in [6.07, 6.45) is -0.965. The van der Waals surface area contributed by atoms with E-state index in [4.69, 9.17) is 16.3 Å². The molecule has 0 unspecified atom stereocenters. The van der Waals surface area contributed by atoms with Gasteiger partial charge in [-0.05, 0) is 48.9 Å². The summed E-state index contributed by atoms with van der Waals surface area (Å²) in [6.45, 7) is 1.53. The topological polar surface area (TPSA) is 67.2 Å². The molecule has 4 nitrogen and oxygen atoms in total. The molecule has 1 atom stereocenters. The predicted molar refractivity (Wildman–Crippen MR) is 107 cm³/mol. The molecule has 3 aromatic carbocycles. The standard InChI is InChI=1S/C23H16ClNO3/c1-15(22(26)16-10-12-18(24)13-11-16)28-23(27)21-9-5-4-8-20(21)19-7-3-2-6-17(19)14-25/h2-13,15H,1H3/t15-/m1/s1. The fourth-order valence-corrected chi connectivity index (χ4v) is 2.96. The van der Waals surface area contributed by atoms with Crippen molar-refractivity contribution in [1.29, 1.82) is 5.26 Å². The van der Waals surface area contributed by atoms with Gasteiger partial charge in [0.25, 0.3) is 0 Å². The van der Waals surface area contributed by atoms with Crippen molar-refractivity contribution in [2.24, 2.45) is 0 Å². The van der Waals surface area contributed by atoms with Crippen LogP contribution >= 0.6 is 11.6 Å². The van der Waals surface area contributed by atoms with Crippen molar-refractivity contribution in [3.8, 4) is 17.2 Å². The fourth-order valence-electron chi connectivity index (χ4n) is 2.84. The second-order valence-electron chi connectivity index (χ2n) is 6.12. The third-order valence-corrected chi connectivity index (χ3v) is 4.52. The number of Topliss-reactive ketones (excluding diaryl/α,β-unsaturated/α-hetero) is 1. The zero-order valence-corrected chi connectivity index (χ0v) is 15.8. The summed E-state index contributed by atoms with van der Waals surface area (Å²) in [7, 11) is 0. The van der Waals surface area contributed by atoms with Crippen LogP contribution in [0.25, 0.3) is 11.1 Å². The molecule has 0 fully saturated rings. The van der Waals surface area contributed by atoms with Gasteiger partial charge in [-0.1, -0.05) is 48.0 Å². The van der Waals surface area contributed by atoms with Crippen molar-refractivity contribution in [2.45, 2.75) is 13.0 Å². The van der Waals surface area contributed by atoms with Crippen LogP contribution in [-0.2, 0) is 4.74 Å². The van der Waals surface area contributed by atoms with E-state index in [-0.39, 0.29) is 5.78 Å². The molecule has 0 heterocycles. The number of esters is 1. The molecule has 5 heteroatoms. The Kier molecular flexibility index (Phi) is 5.88. The van der Waals surface area contributed by atoms with Gasteiger partial charge in [0.05, 0.1) is 17.2 Å². The lowest BCUT2D eigenvalue weighted by atomic mass is 9.96. The van der Waals surface area contributed by atoms with E-state index in [1.165, 1.54) is 6.92 Å². The summed E-state index contributed by atoms with van der Waals surface area (Å²) in [6, 6.07) is 22.4. The van der Waals surface area contributed by atoms with Crippen LogP contribution in [0.3, 0.4) is 0 Å². The maximum absolute atomic E-state index is 12.8. The smallest absolute Gasteiger partial charge is 0.339 e. The Labute approximate surface area is 168 Å². The van der Waals surface area contributed by atoms with Crippen LogP contribution in [0.5, 0.6) is 0 Å². The first-order valence-electron chi connectivity index (χ1n) is 8.60. The highest BCUT2D eigenvalue weighted by Crippen LogP contribution is 2.27. The Morgan fingerprint density at radius 2 is 1.54 bits per heavy atom. The average molecular weight is 390 g/mol. The van der Waals surface area contributed by atoms with E-state index in [0.29, 0.717) is 32.8 Å². The van der Waals surface area contributed by atoms with E-state index in [0.717, 1.165) is 0 Å². The quantitative estimate of drug-likeness (QED) is 0.438. The molecule has 0 bridgehead atoms. The Bertz CT molecular complexity index is 1070. The molecule has 3 rings (SSSR count). The predicted octanol–water partition coefficient (Wildman–Crippen LogP) is 5.31. The number of ether oxygens (including phenoxy) is 1. The highest BCUT2D eigenvalue weighted by molar-refractivity contribution is 6.30. The molecule has 0 aliphatic rings. The van der Waals surface area contributed by atoms with Gasteiger partial charge in [-0.2, -0.15) is 5.26 Å². The Morgan fingerprint density at radius 1 is 0.929 bits per heavy atom. The maximum atomic E-state index is 12.8. The van der Waals surface area contributed by atoms with E-state index in [9.17, 15) is 14.9 Å². The molecule has 3 aromatic rings. The lowest BCUT2D eigenvalue weighted by molar-refractivity contribution is 0.0319. The van der Waals surface area contributed by atoms with Crippen molar-refractivity contribution < 1.29 is 14.3 Å². The van der Waals surface area contributed by atoms with Crippen LogP contribution in [-0.4, -0.2) is 17.9 Å². The fraction of sp³-hybridized carbons (Fsp3) is 0.0870. The molecule has 0 aliphatic carbocycles. The third kappa shape index (κ3) is 4.11. The number of nitriles is 1. The van der Waals surface area contributed by atoms with Crippen LogP contribution in [0, 0.1) is 11.3 Å². The van der Waals surface area contributed by atoms with E-state index >= 15 is 0 Å². The SMILES string of the molecule is C[C@@H](OC(=O)c1ccccc1-c1ccccc1C#N)C(=O)c1ccc(Cl)cc1. The molecule has 0 saturated carbocycles. The highest BCUT2D eigenvalue weighted by Gasteiger charge is 2.22. The van der Waals surface area contributed by atoms with Gasteiger partial charge >= 0.3 is 5.97 Å². The molecule has 0 spiro atoms. The monoisotopic (exact) mass is 389 g/mol. The first-order valence-corrected chi connectivity index (χ1v) is 8.98. The van der Waals surface area contributed by atoms with Gasteiger partial charge in [0.2, 0.25) is 5.78 Å². The van der Waals surface area contributed by atoms with Gasteiger partial charge < -0.3 is 4.74 Å². The molecule has 0 N–H and O–H groups in total. The summed E-state index contributed by atoms with van der Waals surface area (Å²) in [5.41, 5.74) is 2.37. The number of nitrogens with zero attached hydrogens (tertiary/aromatic N) is 1. The molecule has 0 aromatic heterocycles. The van der Waals surface area contributed by atoms with Gasteiger partial charge in [-0.25, -0.2) is 4.79 Å². The number of carbonyl (C=O) groups excluding carboxylic acids is 2. The van der Waals surface area contributed by atoms with Crippen LogP contribution in [0.2, 0.25) is 5.02 Å². The number of benzene rings is 3. The number of hydrogen-bond donors (Lipinski definition) is 0. The van der Waals surface area contributed by atoms with Crippen LogP contribution in [0.1, 0.15) is 33.2 Å². The lowest BCUT2D eigenvalue weighted by Crippen LogP contribution is -2.24. The van der Waals surface area contributed by atoms with E-state index < -0.39 is 12.1 Å². The van der Waals surface area contributed by atoms with Crippen LogP contribution < -0.4 is 0 Å².